The first-order chi connectivity index (χ1) is 9.77. The van der Waals surface area contributed by atoms with Gasteiger partial charge in [-0.15, -0.1) is 5.73 Å². The van der Waals surface area contributed by atoms with Gasteiger partial charge in [0.25, 0.3) is 0 Å². The van der Waals surface area contributed by atoms with E-state index >= 15 is 0 Å². The fraction of sp³-hybridized carbons (Fsp3) is 0.263. The van der Waals surface area contributed by atoms with Gasteiger partial charge in [0.1, 0.15) is 0 Å². The van der Waals surface area contributed by atoms with Crippen LogP contribution >= 0.6 is 0 Å². The van der Waals surface area contributed by atoms with E-state index in [1.54, 1.807) is 6.08 Å². The van der Waals surface area contributed by atoms with Gasteiger partial charge in [0.05, 0.1) is 0 Å². The largest absolute Gasteiger partial charge is 0.289 e. The Labute approximate surface area is 121 Å². The Morgan fingerprint density at radius 3 is 2.65 bits per heavy atom. The first-order valence-electron chi connectivity index (χ1n) is 6.93. The summed E-state index contributed by atoms with van der Waals surface area (Å²) in [5.41, 5.74) is 4.20. The third-order valence-corrected chi connectivity index (χ3v) is 2.74. The van der Waals surface area contributed by atoms with Crippen molar-refractivity contribution < 1.29 is 4.79 Å². The summed E-state index contributed by atoms with van der Waals surface area (Å²) >= 11 is 0. The minimum atomic E-state index is -0.137. The average Bonchev–Trinajstić information content (AvgIpc) is 2.47. The highest BCUT2D eigenvalue weighted by atomic mass is 16.1. The lowest BCUT2D eigenvalue weighted by molar-refractivity contribution is -0.110. The molecule has 0 atom stereocenters. The Morgan fingerprint density at radius 2 is 2.00 bits per heavy atom. The van der Waals surface area contributed by atoms with Gasteiger partial charge in [0, 0.05) is 24.1 Å². The van der Waals surface area contributed by atoms with Crippen molar-refractivity contribution in [3.8, 4) is 11.8 Å². The standard InChI is InChI=1S/C19H20O/c1-3-5-6-7-9-15-18(16-19(20)12-4-2)17-13-10-8-11-14-17/h8,10-14,16H,2-3,5-7H2,1H3/b18-16+. The molecule has 0 spiro atoms. The molecule has 0 N–H and O–H groups in total. The van der Waals surface area contributed by atoms with E-state index in [0.717, 1.165) is 24.0 Å². The molecule has 20 heavy (non-hydrogen) atoms. The molecule has 0 fully saturated rings. The minimum absolute atomic E-state index is 0.137. The van der Waals surface area contributed by atoms with Crippen LogP contribution in [0.1, 0.15) is 38.2 Å². The van der Waals surface area contributed by atoms with Crippen molar-refractivity contribution in [2.45, 2.75) is 32.6 Å². The van der Waals surface area contributed by atoms with Gasteiger partial charge in [-0.1, -0.05) is 68.5 Å². The fourth-order valence-electron chi connectivity index (χ4n) is 1.71. The van der Waals surface area contributed by atoms with Gasteiger partial charge in [-0.3, -0.25) is 4.79 Å². The molecule has 0 heterocycles. The van der Waals surface area contributed by atoms with Gasteiger partial charge >= 0.3 is 0 Å². The van der Waals surface area contributed by atoms with Crippen LogP contribution in [0.4, 0.5) is 0 Å². The summed E-state index contributed by atoms with van der Waals surface area (Å²) in [4.78, 5) is 11.7. The van der Waals surface area contributed by atoms with Crippen LogP contribution in [0.25, 0.3) is 5.57 Å². The molecule has 102 valence electrons. The van der Waals surface area contributed by atoms with Crippen molar-refractivity contribution in [2.75, 3.05) is 0 Å². The maximum Gasteiger partial charge on any atom is 0.187 e. The lowest BCUT2D eigenvalue weighted by Gasteiger charge is -1.99. The van der Waals surface area contributed by atoms with Crippen LogP contribution in [-0.2, 0) is 4.79 Å². The molecule has 1 aromatic carbocycles. The van der Waals surface area contributed by atoms with E-state index in [2.05, 4.69) is 31.1 Å². The predicted octanol–water partition coefficient (Wildman–Crippen LogP) is 4.56. The summed E-state index contributed by atoms with van der Waals surface area (Å²) in [5, 5.41) is 0. The molecular weight excluding hydrogens is 244 g/mol. The van der Waals surface area contributed by atoms with Crippen LogP contribution in [-0.4, -0.2) is 5.78 Å². The first-order valence-corrected chi connectivity index (χ1v) is 6.93. The van der Waals surface area contributed by atoms with Crippen molar-refractivity contribution in [1.29, 1.82) is 0 Å². The van der Waals surface area contributed by atoms with E-state index in [-0.39, 0.29) is 5.78 Å². The number of carbonyl (C=O) groups is 1. The first kappa shape index (κ1) is 15.8. The second-order valence-electron chi connectivity index (χ2n) is 4.43. The van der Waals surface area contributed by atoms with Crippen LogP contribution in [0, 0.1) is 11.8 Å². The molecule has 0 saturated carbocycles. The van der Waals surface area contributed by atoms with Gasteiger partial charge in [-0.05, 0) is 12.0 Å². The number of unbranched alkanes of at least 4 members (excludes halogenated alkanes) is 3. The molecule has 0 radical (unpaired) electrons. The van der Waals surface area contributed by atoms with Crippen LogP contribution in [0.3, 0.4) is 0 Å². The Morgan fingerprint density at radius 1 is 1.25 bits per heavy atom. The second-order valence-corrected chi connectivity index (χ2v) is 4.43. The third kappa shape index (κ3) is 6.05. The number of hydrogen-bond donors (Lipinski definition) is 0. The lowest BCUT2D eigenvalue weighted by atomic mass is 10.0. The van der Waals surface area contributed by atoms with Crippen LogP contribution in [0.15, 0.2) is 54.8 Å². The Bertz CT molecular complexity index is 561. The maximum absolute atomic E-state index is 11.7. The topological polar surface area (TPSA) is 17.1 Å². The number of allylic oxidation sites excluding steroid dienone is 3. The molecule has 0 aliphatic heterocycles. The van der Waals surface area contributed by atoms with E-state index in [0.29, 0.717) is 0 Å². The zero-order chi connectivity index (χ0) is 14.6. The molecule has 1 rings (SSSR count). The quantitative estimate of drug-likeness (QED) is 0.318. The number of carbonyl (C=O) groups excluding carboxylic acids is 1. The number of rotatable bonds is 6. The van der Waals surface area contributed by atoms with Crippen molar-refractivity contribution in [3.05, 3.63) is 60.4 Å². The number of ketones is 1. The van der Waals surface area contributed by atoms with E-state index < -0.39 is 0 Å². The van der Waals surface area contributed by atoms with Crippen LogP contribution < -0.4 is 0 Å². The molecule has 0 saturated heterocycles. The molecule has 0 aromatic heterocycles. The summed E-state index contributed by atoms with van der Waals surface area (Å²) < 4.78 is 0. The van der Waals surface area contributed by atoms with Gasteiger partial charge in [0.2, 0.25) is 0 Å². The predicted molar refractivity (Wildman–Crippen MR) is 85.1 cm³/mol. The second kappa shape index (κ2) is 9.62. The van der Waals surface area contributed by atoms with E-state index in [1.165, 1.54) is 18.9 Å². The molecule has 1 heteroatoms. The van der Waals surface area contributed by atoms with Crippen molar-refractivity contribution in [1.82, 2.24) is 0 Å². The molecule has 0 bridgehead atoms. The van der Waals surface area contributed by atoms with Crippen molar-refractivity contribution >= 4 is 11.4 Å². The zero-order valence-corrected chi connectivity index (χ0v) is 12.0. The highest BCUT2D eigenvalue weighted by Gasteiger charge is 2.00. The highest BCUT2D eigenvalue weighted by molar-refractivity contribution is 6.06. The SMILES string of the molecule is C=C=CC(=O)/C=C(\C#CCCCCC)c1ccccc1. The van der Waals surface area contributed by atoms with Gasteiger partial charge < -0.3 is 0 Å². The minimum Gasteiger partial charge on any atom is -0.289 e. The molecule has 0 unspecified atom stereocenters. The van der Waals surface area contributed by atoms with E-state index in [9.17, 15) is 4.79 Å². The van der Waals surface area contributed by atoms with E-state index in [4.69, 9.17) is 0 Å². The van der Waals surface area contributed by atoms with Crippen LogP contribution in [0.5, 0.6) is 0 Å². The summed E-state index contributed by atoms with van der Waals surface area (Å²) in [7, 11) is 0. The van der Waals surface area contributed by atoms with Gasteiger partial charge in [-0.2, -0.15) is 0 Å². The van der Waals surface area contributed by atoms with Crippen molar-refractivity contribution in [2.24, 2.45) is 0 Å². The Kier molecular flexibility index (Phi) is 7.58. The summed E-state index contributed by atoms with van der Waals surface area (Å²) in [6, 6.07) is 9.74. The van der Waals surface area contributed by atoms with Crippen molar-refractivity contribution in [3.63, 3.8) is 0 Å². The monoisotopic (exact) mass is 264 g/mol. The van der Waals surface area contributed by atoms with Gasteiger partial charge in [0.15, 0.2) is 5.78 Å². The average molecular weight is 264 g/mol. The fourth-order valence-corrected chi connectivity index (χ4v) is 1.71. The molecule has 1 aromatic rings. The summed E-state index contributed by atoms with van der Waals surface area (Å²) in [6.45, 7) is 5.58. The summed E-state index contributed by atoms with van der Waals surface area (Å²) in [5.74, 6) is 6.11. The summed E-state index contributed by atoms with van der Waals surface area (Å²) in [6.07, 6.45) is 7.21. The molecule has 0 aliphatic rings. The third-order valence-electron chi connectivity index (χ3n) is 2.74. The van der Waals surface area contributed by atoms with Gasteiger partial charge in [-0.25, -0.2) is 0 Å². The van der Waals surface area contributed by atoms with E-state index in [1.807, 2.05) is 30.3 Å². The number of benzene rings is 1. The number of hydrogen-bond acceptors (Lipinski definition) is 1. The maximum atomic E-state index is 11.7. The molecule has 0 aliphatic carbocycles. The lowest BCUT2D eigenvalue weighted by Crippen LogP contribution is -1.89. The van der Waals surface area contributed by atoms with Crippen LogP contribution in [0.2, 0.25) is 0 Å². The smallest absolute Gasteiger partial charge is 0.187 e. The Hall–Kier alpha value is -2.29. The normalized spacial score (nSPS) is 10.2. The zero-order valence-electron chi connectivity index (χ0n) is 12.0. The molecule has 1 nitrogen and oxygen atoms in total. The highest BCUT2D eigenvalue weighted by Crippen LogP contribution is 2.13. The Balaban J connectivity index is 2.91. The molecular formula is C19H20O. The molecule has 0 amide bonds.